The zero-order valence-electron chi connectivity index (χ0n) is 16.0. The third kappa shape index (κ3) is 15.8. The van der Waals surface area contributed by atoms with E-state index in [4.69, 9.17) is 0 Å². The van der Waals surface area contributed by atoms with Crippen molar-refractivity contribution in [3.8, 4) is 11.5 Å². The van der Waals surface area contributed by atoms with Crippen LogP contribution >= 0.6 is 0 Å². The van der Waals surface area contributed by atoms with Crippen LogP contribution in [0.3, 0.4) is 0 Å². The van der Waals surface area contributed by atoms with E-state index in [2.05, 4.69) is 23.2 Å². The molecule has 0 atom stereocenters. The minimum absolute atomic E-state index is 0.0793. The van der Waals surface area contributed by atoms with Gasteiger partial charge in [0.05, 0.1) is 0 Å². The van der Waals surface area contributed by atoms with E-state index in [0.717, 1.165) is 11.1 Å². The molecule has 2 aromatic rings. The van der Waals surface area contributed by atoms with Gasteiger partial charge in [0.2, 0.25) is 0 Å². The molecule has 0 fully saturated rings. The number of aryl methyl sites for hydroxylation is 2. The van der Waals surface area contributed by atoms with Gasteiger partial charge >= 0.3 is 67.0 Å². The molecule has 2 rings (SSSR count). The Labute approximate surface area is 162 Å². The van der Waals surface area contributed by atoms with E-state index in [0.29, 0.717) is 0 Å². The number of hydrogen-bond acceptors (Lipinski definition) is 2. The summed E-state index contributed by atoms with van der Waals surface area (Å²) in [4.78, 5) is 0. The first kappa shape index (κ1) is 23.6. The summed E-state index contributed by atoms with van der Waals surface area (Å²) in [7, 11) is 0. The second-order valence-corrected chi connectivity index (χ2v) is 6.76. The van der Waals surface area contributed by atoms with Crippen LogP contribution in [0.2, 0.25) is 5.28 Å². The van der Waals surface area contributed by atoms with E-state index in [1.165, 1.54) is 43.8 Å². The maximum Gasteiger partial charge on any atom is -0.0398 e. The predicted molar refractivity (Wildman–Crippen MR) is 105 cm³/mol. The Morgan fingerprint density at radius 1 is 0.640 bits per heavy atom. The molecular weight excluding hydrogens is 323 g/mol. The minimum Gasteiger partial charge on any atom is -0.872 e. The molecule has 0 radical (unpaired) electrons. The fraction of sp³-hybridized carbons (Fsp3) is 0.455. The number of rotatable bonds is 6. The summed E-state index contributed by atoms with van der Waals surface area (Å²) in [6.07, 6.45) is 8.51. The van der Waals surface area contributed by atoms with Gasteiger partial charge in [0.25, 0.3) is 0 Å². The van der Waals surface area contributed by atoms with Gasteiger partial charge in [-0.2, -0.15) is 0 Å². The molecule has 134 valence electrons. The van der Waals surface area contributed by atoms with Gasteiger partial charge in [0.1, 0.15) is 0 Å². The van der Waals surface area contributed by atoms with Crippen LogP contribution in [0.1, 0.15) is 56.6 Å². The molecular formula is C22H31AlO2. The van der Waals surface area contributed by atoms with Crippen molar-refractivity contribution >= 4 is 16.3 Å². The van der Waals surface area contributed by atoms with Gasteiger partial charge in [-0.1, -0.05) is 59.7 Å². The first-order chi connectivity index (χ1) is 12.0. The molecule has 0 aliphatic rings. The molecule has 2 aromatic carbocycles. The van der Waals surface area contributed by atoms with Crippen LogP contribution in [0.25, 0.3) is 0 Å². The topological polar surface area (TPSA) is 46.1 Å². The van der Waals surface area contributed by atoms with Gasteiger partial charge in [0.15, 0.2) is 0 Å². The first-order valence-corrected chi connectivity index (χ1v) is 9.98. The van der Waals surface area contributed by atoms with Gasteiger partial charge in [-0.15, -0.1) is 11.5 Å². The van der Waals surface area contributed by atoms with Gasteiger partial charge in [-0.25, -0.2) is 0 Å². The minimum atomic E-state index is 0.0793. The average molecular weight is 354 g/mol. The fourth-order valence-corrected chi connectivity index (χ4v) is 2.29. The van der Waals surface area contributed by atoms with Crippen LogP contribution in [-0.2, 0) is 0 Å². The summed E-state index contributed by atoms with van der Waals surface area (Å²) in [5.41, 5.74) is 2.26. The molecule has 0 amide bonds. The van der Waals surface area contributed by atoms with Gasteiger partial charge in [-0.3, -0.25) is 0 Å². The SMILES string of the molecule is CCCCCCC[CH2][Al+2].Cc1ccc([O-])cc1.Cc1ccc([O-])cc1. The zero-order chi connectivity index (χ0) is 18.9. The van der Waals surface area contributed by atoms with Gasteiger partial charge in [0, 0.05) is 0 Å². The molecule has 0 saturated carbocycles. The molecule has 0 saturated heterocycles. The second kappa shape index (κ2) is 16.1. The summed E-state index contributed by atoms with van der Waals surface area (Å²) >= 11 is 2.78. The van der Waals surface area contributed by atoms with E-state index in [9.17, 15) is 10.2 Å². The van der Waals surface area contributed by atoms with Crippen molar-refractivity contribution < 1.29 is 10.2 Å². The second-order valence-electron chi connectivity index (χ2n) is 6.18. The molecule has 0 spiro atoms. The Morgan fingerprint density at radius 2 is 1.00 bits per heavy atom. The van der Waals surface area contributed by atoms with Crippen LogP contribution in [0.4, 0.5) is 0 Å². The average Bonchev–Trinajstić information content (AvgIpc) is 2.61. The largest absolute Gasteiger partial charge is 0.872 e. The van der Waals surface area contributed by atoms with E-state index >= 15 is 0 Å². The summed E-state index contributed by atoms with van der Waals surface area (Å²) < 4.78 is 0. The van der Waals surface area contributed by atoms with Crippen LogP contribution < -0.4 is 10.2 Å². The molecule has 0 aliphatic heterocycles. The molecule has 0 aliphatic carbocycles. The predicted octanol–water partition coefficient (Wildman–Crippen LogP) is 5.07. The van der Waals surface area contributed by atoms with Crippen molar-refractivity contribution in [2.45, 2.75) is 64.6 Å². The Morgan fingerprint density at radius 3 is 1.32 bits per heavy atom. The summed E-state index contributed by atoms with van der Waals surface area (Å²) in [5.74, 6) is 0.159. The Hall–Kier alpha value is -1.43. The first-order valence-electron chi connectivity index (χ1n) is 9.17. The van der Waals surface area contributed by atoms with E-state index in [-0.39, 0.29) is 11.5 Å². The number of unbranched alkanes of at least 4 members (excludes halogenated alkanes) is 5. The Kier molecular flexibility index (Phi) is 15.1. The summed E-state index contributed by atoms with van der Waals surface area (Å²) in [6.45, 7) is 6.18. The fourth-order valence-electron chi connectivity index (χ4n) is 2.00. The summed E-state index contributed by atoms with van der Waals surface area (Å²) in [6, 6.07) is 13.5. The van der Waals surface area contributed by atoms with Gasteiger partial charge in [-0.05, 0) is 13.8 Å². The van der Waals surface area contributed by atoms with Crippen LogP contribution in [0.5, 0.6) is 11.5 Å². The van der Waals surface area contributed by atoms with Crippen molar-refractivity contribution in [2.24, 2.45) is 0 Å². The molecule has 0 N–H and O–H groups in total. The third-order valence-electron chi connectivity index (χ3n) is 3.60. The monoisotopic (exact) mass is 354 g/mol. The van der Waals surface area contributed by atoms with E-state index in [1.54, 1.807) is 24.3 Å². The molecule has 0 aromatic heterocycles. The Balaban J connectivity index is 0.000000346. The third-order valence-corrected chi connectivity index (χ3v) is 4.01. The maximum atomic E-state index is 10.4. The molecule has 0 heterocycles. The van der Waals surface area contributed by atoms with Crippen molar-refractivity contribution in [3.63, 3.8) is 0 Å². The standard InChI is InChI=1S/C8H17.2C7H8O.Al/c1-3-5-7-8-6-4-2;2*1-6-2-4-7(8)5-3-6;/h1,3-8H2,2H3;2*2-5,8H,1H3;/q;;;+2/p-2. The molecule has 0 bridgehead atoms. The normalized spacial score (nSPS) is 9.48. The quantitative estimate of drug-likeness (QED) is 0.537. The van der Waals surface area contributed by atoms with Crippen molar-refractivity contribution in [3.05, 3.63) is 59.7 Å². The Bertz CT molecular complexity index is 429. The number of benzene rings is 2. The van der Waals surface area contributed by atoms with Crippen LogP contribution in [-0.4, -0.2) is 16.3 Å². The van der Waals surface area contributed by atoms with E-state index in [1.807, 2.05) is 38.1 Å². The van der Waals surface area contributed by atoms with Crippen molar-refractivity contribution in [2.75, 3.05) is 0 Å². The molecule has 0 unspecified atom stereocenters. The summed E-state index contributed by atoms with van der Waals surface area (Å²) in [5, 5.41) is 22.1. The molecule has 2 nitrogen and oxygen atoms in total. The maximum absolute atomic E-state index is 10.4. The number of hydrogen-bond donors (Lipinski definition) is 0. The van der Waals surface area contributed by atoms with Gasteiger partial charge < -0.3 is 10.2 Å². The molecule has 3 heteroatoms. The van der Waals surface area contributed by atoms with E-state index < -0.39 is 0 Å². The zero-order valence-corrected chi connectivity index (χ0v) is 17.1. The van der Waals surface area contributed by atoms with Crippen molar-refractivity contribution in [1.29, 1.82) is 0 Å². The van der Waals surface area contributed by atoms with Crippen molar-refractivity contribution in [1.82, 2.24) is 0 Å². The van der Waals surface area contributed by atoms with Crippen LogP contribution in [0, 0.1) is 13.8 Å². The smallest absolute Gasteiger partial charge is 0.0398 e. The van der Waals surface area contributed by atoms with Crippen LogP contribution in [0.15, 0.2) is 48.5 Å². The molecule has 25 heavy (non-hydrogen) atoms.